The highest BCUT2D eigenvalue weighted by Gasteiger charge is 2.22. The van der Waals surface area contributed by atoms with E-state index in [1.165, 1.54) is 11.1 Å². The summed E-state index contributed by atoms with van der Waals surface area (Å²) in [4.78, 5) is 8.72. The van der Waals surface area contributed by atoms with Crippen LogP contribution in [0, 0.1) is 12.8 Å². The van der Waals surface area contributed by atoms with Gasteiger partial charge in [0.1, 0.15) is 0 Å². The van der Waals surface area contributed by atoms with Gasteiger partial charge in [-0.1, -0.05) is 25.6 Å². The van der Waals surface area contributed by atoms with Gasteiger partial charge in [0, 0.05) is 24.2 Å². The number of aromatic nitrogens is 1. The number of amidine groups is 1. The molecule has 0 aliphatic carbocycles. The van der Waals surface area contributed by atoms with Gasteiger partial charge >= 0.3 is 0 Å². The quantitative estimate of drug-likeness (QED) is 0.894. The molecule has 1 aromatic rings. The fourth-order valence-corrected chi connectivity index (χ4v) is 2.89. The first-order valence-electron chi connectivity index (χ1n) is 6.00. The van der Waals surface area contributed by atoms with Crippen molar-refractivity contribution in [2.45, 2.75) is 33.4 Å². The van der Waals surface area contributed by atoms with Crippen LogP contribution in [0.5, 0.6) is 0 Å². The second kappa shape index (κ2) is 5.54. The third-order valence-electron chi connectivity index (χ3n) is 3.04. The molecule has 1 aliphatic heterocycles. The minimum Gasteiger partial charge on any atom is -0.361 e. The Bertz CT molecular complexity index is 415. The molecule has 1 saturated heterocycles. The van der Waals surface area contributed by atoms with Gasteiger partial charge in [-0.15, -0.1) is 0 Å². The van der Waals surface area contributed by atoms with E-state index in [1.807, 2.05) is 30.2 Å². The Labute approximate surface area is 107 Å². The summed E-state index contributed by atoms with van der Waals surface area (Å²) in [5.74, 6) is 1.80. The second-order valence-corrected chi connectivity index (χ2v) is 5.74. The zero-order valence-electron chi connectivity index (χ0n) is 10.6. The summed E-state index contributed by atoms with van der Waals surface area (Å²) in [7, 11) is 0. The lowest BCUT2D eigenvalue weighted by Gasteiger charge is -2.13. The molecule has 0 bridgehead atoms. The Morgan fingerprint density at radius 3 is 3.06 bits per heavy atom. The van der Waals surface area contributed by atoms with E-state index in [9.17, 15) is 0 Å². The van der Waals surface area contributed by atoms with Crippen LogP contribution in [0.1, 0.15) is 25.0 Å². The number of aryl methyl sites for hydroxylation is 1. The van der Waals surface area contributed by atoms with E-state index >= 15 is 0 Å². The first kappa shape index (κ1) is 12.4. The number of pyridine rings is 1. The van der Waals surface area contributed by atoms with Crippen molar-refractivity contribution in [2.24, 2.45) is 10.9 Å². The summed E-state index contributed by atoms with van der Waals surface area (Å²) in [6.45, 7) is 7.31. The molecule has 0 saturated carbocycles. The molecule has 1 atom stereocenters. The summed E-state index contributed by atoms with van der Waals surface area (Å²) >= 11 is 1.83. The largest absolute Gasteiger partial charge is 0.361 e. The van der Waals surface area contributed by atoms with Crippen molar-refractivity contribution in [1.29, 1.82) is 0 Å². The number of nitrogens with zero attached hydrogens (tertiary/aromatic N) is 2. The lowest BCUT2D eigenvalue weighted by Crippen LogP contribution is -2.31. The Kier molecular flexibility index (Phi) is 4.05. The Morgan fingerprint density at radius 2 is 2.41 bits per heavy atom. The van der Waals surface area contributed by atoms with Crippen LogP contribution in [-0.2, 0) is 6.54 Å². The average molecular weight is 249 g/mol. The van der Waals surface area contributed by atoms with Crippen molar-refractivity contribution in [3.63, 3.8) is 0 Å². The molecule has 1 unspecified atom stereocenters. The molecule has 92 valence electrons. The van der Waals surface area contributed by atoms with Crippen LogP contribution >= 0.6 is 11.8 Å². The van der Waals surface area contributed by atoms with Crippen molar-refractivity contribution >= 4 is 16.9 Å². The van der Waals surface area contributed by atoms with Crippen LogP contribution in [0.2, 0.25) is 0 Å². The molecule has 2 heterocycles. The zero-order valence-corrected chi connectivity index (χ0v) is 11.4. The molecule has 3 nitrogen and oxygen atoms in total. The number of aliphatic imine (C=N–C) groups is 1. The fraction of sp³-hybridized carbons (Fsp3) is 0.538. The highest BCUT2D eigenvalue weighted by atomic mass is 32.2. The minimum absolute atomic E-state index is 0.567. The SMILES string of the molecule is Cc1cnccc1CN=C1NC(C(C)C)CS1. The molecule has 1 N–H and O–H groups in total. The lowest BCUT2D eigenvalue weighted by molar-refractivity contribution is 0.503. The molecule has 1 aliphatic rings. The third kappa shape index (κ3) is 3.22. The Morgan fingerprint density at radius 1 is 1.59 bits per heavy atom. The normalized spacial score (nSPS) is 22.1. The molecule has 0 aromatic carbocycles. The molecule has 1 fully saturated rings. The molecular formula is C13H19N3S. The van der Waals surface area contributed by atoms with Crippen LogP contribution in [0.25, 0.3) is 0 Å². The van der Waals surface area contributed by atoms with Crippen molar-refractivity contribution in [1.82, 2.24) is 10.3 Å². The van der Waals surface area contributed by atoms with Gasteiger partial charge in [0.2, 0.25) is 0 Å². The maximum Gasteiger partial charge on any atom is 0.157 e. The molecule has 4 heteroatoms. The van der Waals surface area contributed by atoms with E-state index in [0.717, 1.165) is 17.5 Å². The maximum absolute atomic E-state index is 4.63. The molecule has 2 rings (SSSR count). The number of hydrogen-bond acceptors (Lipinski definition) is 3. The summed E-state index contributed by atoms with van der Waals surface area (Å²) in [5.41, 5.74) is 2.46. The minimum atomic E-state index is 0.567. The lowest BCUT2D eigenvalue weighted by atomic mass is 10.1. The van der Waals surface area contributed by atoms with E-state index in [0.29, 0.717) is 12.0 Å². The van der Waals surface area contributed by atoms with Crippen molar-refractivity contribution in [3.8, 4) is 0 Å². The van der Waals surface area contributed by atoms with Gasteiger partial charge in [-0.25, -0.2) is 0 Å². The average Bonchev–Trinajstić information content (AvgIpc) is 2.77. The summed E-state index contributed by atoms with van der Waals surface area (Å²) in [5, 5.41) is 4.56. The van der Waals surface area contributed by atoms with Gasteiger partial charge in [0.05, 0.1) is 6.54 Å². The Balaban J connectivity index is 1.96. The van der Waals surface area contributed by atoms with Gasteiger partial charge in [0.25, 0.3) is 0 Å². The Hall–Kier alpha value is -1.03. The molecule has 0 radical (unpaired) electrons. The van der Waals surface area contributed by atoms with Crippen LogP contribution in [0.3, 0.4) is 0 Å². The third-order valence-corrected chi connectivity index (χ3v) is 4.09. The van der Waals surface area contributed by atoms with E-state index in [2.05, 4.69) is 36.1 Å². The van der Waals surface area contributed by atoms with E-state index < -0.39 is 0 Å². The summed E-state index contributed by atoms with van der Waals surface area (Å²) in [6, 6.07) is 2.61. The first-order valence-corrected chi connectivity index (χ1v) is 6.98. The maximum atomic E-state index is 4.63. The topological polar surface area (TPSA) is 37.3 Å². The van der Waals surface area contributed by atoms with Crippen LogP contribution in [-0.4, -0.2) is 21.9 Å². The van der Waals surface area contributed by atoms with Gasteiger partial charge in [-0.3, -0.25) is 9.98 Å². The van der Waals surface area contributed by atoms with E-state index in [4.69, 9.17) is 0 Å². The molecular weight excluding hydrogens is 230 g/mol. The zero-order chi connectivity index (χ0) is 12.3. The molecule has 1 aromatic heterocycles. The molecule has 0 amide bonds. The molecule has 0 spiro atoms. The van der Waals surface area contributed by atoms with Gasteiger partial charge < -0.3 is 5.32 Å². The van der Waals surface area contributed by atoms with Crippen LogP contribution in [0.15, 0.2) is 23.5 Å². The van der Waals surface area contributed by atoms with Gasteiger partial charge in [-0.05, 0) is 30.0 Å². The standard InChI is InChI=1S/C13H19N3S/c1-9(2)12-8-17-13(16-12)15-7-11-4-5-14-6-10(11)3/h4-6,9,12H,7-8H2,1-3H3,(H,15,16). The molecule has 17 heavy (non-hydrogen) atoms. The predicted octanol–water partition coefficient (Wildman–Crippen LogP) is 2.61. The summed E-state index contributed by atoms with van der Waals surface area (Å²) < 4.78 is 0. The predicted molar refractivity (Wildman–Crippen MR) is 74.3 cm³/mol. The van der Waals surface area contributed by atoms with Crippen molar-refractivity contribution < 1.29 is 0 Å². The number of rotatable bonds is 3. The van der Waals surface area contributed by atoms with Crippen molar-refractivity contribution in [2.75, 3.05) is 5.75 Å². The number of hydrogen-bond donors (Lipinski definition) is 1. The number of nitrogens with one attached hydrogen (secondary N) is 1. The number of thioether (sulfide) groups is 1. The first-order chi connectivity index (χ1) is 8.16. The van der Waals surface area contributed by atoms with E-state index in [-0.39, 0.29) is 0 Å². The van der Waals surface area contributed by atoms with Gasteiger partial charge in [0.15, 0.2) is 5.17 Å². The summed E-state index contributed by atoms with van der Waals surface area (Å²) in [6.07, 6.45) is 3.72. The van der Waals surface area contributed by atoms with Crippen LogP contribution < -0.4 is 5.32 Å². The van der Waals surface area contributed by atoms with E-state index in [1.54, 1.807) is 0 Å². The van der Waals surface area contributed by atoms with Gasteiger partial charge in [-0.2, -0.15) is 0 Å². The second-order valence-electron chi connectivity index (χ2n) is 4.73. The highest BCUT2D eigenvalue weighted by molar-refractivity contribution is 8.14. The fourth-order valence-electron chi connectivity index (χ4n) is 1.70. The monoisotopic (exact) mass is 249 g/mol. The highest BCUT2D eigenvalue weighted by Crippen LogP contribution is 2.19. The van der Waals surface area contributed by atoms with Crippen molar-refractivity contribution in [3.05, 3.63) is 29.6 Å². The smallest absolute Gasteiger partial charge is 0.157 e. The van der Waals surface area contributed by atoms with Crippen LogP contribution in [0.4, 0.5) is 0 Å².